The first kappa shape index (κ1) is 17.4. The van der Waals surface area contributed by atoms with E-state index in [4.69, 9.17) is 0 Å². The Morgan fingerprint density at radius 2 is 1.83 bits per heavy atom. The van der Waals surface area contributed by atoms with Crippen LogP contribution in [0.3, 0.4) is 0 Å². The number of benzene rings is 2. The summed E-state index contributed by atoms with van der Waals surface area (Å²) in [5.41, 5.74) is 0.250. The molecule has 0 unspecified atom stereocenters. The molecule has 126 valence electrons. The molecule has 1 amide bonds. The quantitative estimate of drug-likeness (QED) is 0.633. The number of aryl methyl sites for hydroxylation is 1. The second-order valence-electron chi connectivity index (χ2n) is 4.94. The number of carbonyl (C=O) groups is 1. The zero-order valence-corrected chi connectivity index (χ0v) is 13.8. The molecule has 0 bridgehead atoms. The van der Waals surface area contributed by atoms with Gasteiger partial charge in [-0.2, -0.15) is 0 Å². The van der Waals surface area contributed by atoms with Gasteiger partial charge in [-0.05, 0) is 24.6 Å². The number of hydrogen-bond donors (Lipinski definition) is 2. The predicted molar refractivity (Wildman–Crippen MR) is 88.5 cm³/mol. The van der Waals surface area contributed by atoms with E-state index in [1.54, 1.807) is 12.1 Å². The van der Waals surface area contributed by atoms with Crippen molar-refractivity contribution in [3.8, 4) is 0 Å². The average molecular weight is 349 g/mol. The van der Waals surface area contributed by atoms with Gasteiger partial charge in [-0.15, -0.1) is 0 Å². The Balaban J connectivity index is 2.49. The topological polar surface area (TPSA) is 118 Å². The van der Waals surface area contributed by atoms with Gasteiger partial charge >= 0.3 is 0 Å². The maximum atomic E-state index is 12.6. The fourth-order valence-corrected chi connectivity index (χ4v) is 3.44. The van der Waals surface area contributed by atoms with Crippen LogP contribution in [0.2, 0.25) is 0 Å². The molecule has 0 radical (unpaired) electrons. The second kappa shape index (κ2) is 6.67. The van der Waals surface area contributed by atoms with Crippen LogP contribution in [0.15, 0.2) is 47.4 Å². The fraction of sp³-hybridized carbons (Fsp3) is 0.133. The van der Waals surface area contributed by atoms with E-state index in [-0.39, 0.29) is 21.8 Å². The van der Waals surface area contributed by atoms with Gasteiger partial charge in [-0.1, -0.05) is 18.2 Å². The fourth-order valence-electron chi connectivity index (χ4n) is 2.10. The van der Waals surface area contributed by atoms with Crippen molar-refractivity contribution in [2.45, 2.75) is 11.8 Å². The van der Waals surface area contributed by atoms with Crippen molar-refractivity contribution in [1.82, 2.24) is 5.32 Å². The average Bonchev–Trinajstić information content (AvgIpc) is 2.54. The van der Waals surface area contributed by atoms with Crippen molar-refractivity contribution in [3.63, 3.8) is 0 Å². The molecule has 2 aromatic rings. The van der Waals surface area contributed by atoms with Crippen LogP contribution >= 0.6 is 0 Å². The lowest BCUT2D eigenvalue weighted by molar-refractivity contribution is -0.385. The first-order chi connectivity index (χ1) is 11.3. The summed E-state index contributed by atoms with van der Waals surface area (Å²) >= 11 is 0. The van der Waals surface area contributed by atoms with E-state index in [2.05, 4.69) is 10.0 Å². The molecule has 0 saturated heterocycles. The van der Waals surface area contributed by atoms with Gasteiger partial charge in [0.2, 0.25) is 0 Å². The Hall–Kier alpha value is -2.94. The highest BCUT2D eigenvalue weighted by Gasteiger charge is 2.22. The van der Waals surface area contributed by atoms with E-state index in [0.29, 0.717) is 5.56 Å². The Bertz CT molecular complexity index is 909. The molecular formula is C15H15N3O5S. The van der Waals surface area contributed by atoms with E-state index in [9.17, 15) is 23.3 Å². The molecule has 2 rings (SSSR count). The Kier molecular flexibility index (Phi) is 4.84. The summed E-state index contributed by atoms with van der Waals surface area (Å²) in [6.45, 7) is 1.53. The minimum Gasteiger partial charge on any atom is -0.355 e. The molecule has 9 heteroatoms. The number of nitro benzene ring substituents is 1. The van der Waals surface area contributed by atoms with Crippen LogP contribution in [0.5, 0.6) is 0 Å². The monoisotopic (exact) mass is 349 g/mol. The lowest BCUT2D eigenvalue weighted by Gasteiger charge is -2.13. The van der Waals surface area contributed by atoms with Crippen molar-refractivity contribution < 1.29 is 18.1 Å². The van der Waals surface area contributed by atoms with Crippen LogP contribution < -0.4 is 10.0 Å². The standard InChI is InChI=1S/C15H15N3O5S/c1-10-7-8-11(18(20)21)9-14(10)24(22,23)17-13-6-4-3-5-12(13)15(19)16-2/h3-9,17H,1-2H3,(H,16,19). The number of nitrogens with zero attached hydrogens (tertiary/aromatic N) is 1. The number of amides is 1. The zero-order valence-electron chi connectivity index (χ0n) is 12.9. The van der Waals surface area contributed by atoms with Crippen molar-refractivity contribution in [1.29, 1.82) is 0 Å². The van der Waals surface area contributed by atoms with Crippen molar-refractivity contribution in [2.24, 2.45) is 0 Å². The summed E-state index contributed by atoms with van der Waals surface area (Å²) in [6.07, 6.45) is 0. The summed E-state index contributed by atoms with van der Waals surface area (Å²) in [7, 11) is -2.67. The molecule has 8 nitrogen and oxygen atoms in total. The van der Waals surface area contributed by atoms with Crippen LogP contribution in [0.4, 0.5) is 11.4 Å². The lowest BCUT2D eigenvalue weighted by Crippen LogP contribution is -2.22. The van der Waals surface area contributed by atoms with E-state index in [1.807, 2.05) is 0 Å². The molecule has 0 saturated carbocycles. The van der Waals surface area contributed by atoms with Gasteiger partial charge < -0.3 is 5.32 Å². The first-order valence-electron chi connectivity index (χ1n) is 6.85. The minimum atomic E-state index is -4.10. The van der Waals surface area contributed by atoms with Crippen molar-refractivity contribution >= 4 is 27.3 Å². The summed E-state index contributed by atoms with van der Waals surface area (Å²) < 4.78 is 27.5. The van der Waals surface area contributed by atoms with Gasteiger partial charge in [-0.3, -0.25) is 19.6 Å². The maximum Gasteiger partial charge on any atom is 0.270 e. The summed E-state index contributed by atoms with van der Waals surface area (Å²) in [5.74, 6) is -0.455. The third-order valence-corrected chi connectivity index (χ3v) is 4.82. The molecule has 0 atom stereocenters. The smallest absolute Gasteiger partial charge is 0.270 e. The normalized spacial score (nSPS) is 10.9. The van der Waals surface area contributed by atoms with Gasteiger partial charge in [0, 0.05) is 19.2 Å². The maximum absolute atomic E-state index is 12.6. The Morgan fingerprint density at radius 1 is 1.17 bits per heavy atom. The number of anilines is 1. The van der Waals surface area contributed by atoms with Crippen LogP contribution in [0.25, 0.3) is 0 Å². The number of carbonyl (C=O) groups excluding carboxylic acids is 1. The summed E-state index contributed by atoms with van der Waals surface area (Å²) in [6, 6.07) is 9.65. The third kappa shape index (κ3) is 3.51. The second-order valence-corrected chi connectivity index (χ2v) is 6.59. The molecule has 0 aliphatic heterocycles. The number of nitro groups is 1. The van der Waals surface area contributed by atoms with Crippen LogP contribution in [0, 0.1) is 17.0 Å². The molecule has 2 aromatic carbocycles. The van der Waals surface area contributed by atoms with Crippen molar-refractivity contribution in [2.75, 3.05) is 11.8 Å². The lowest BCUT2D eigenvalue weighted by atomic mass is 10.2. The van der Waals surface area contributed by atoms with Gasteiger partial charge in [0.05, 0.1) is 21.1 Å². The highest BCUT2D eigenvalue weighted by atomic mass is 32.2. The SMILES string of the molecule is CNC(=O)c1ccccc1NS(=O)(=O)c1cc([N+](=O)[O-])ccc1C. The van der Waals surface area contributed by atoms with Crippen LogP contribution in [0.1, 0.15) is 15.9 Å². The molecule has 24 heavy (non-hydrogen) atoms. The molecular weight excluding hydrogens is 334 g/mol. The van der Waals surface area contributed by atoms with Gasteiger partial charge in [0.25, 0.3) is 21.6 Å². The molecule has 2 N–H and O–H groups in total. The van der Waals surface area contributed by atoms with E-state index in [1.165, 1.54) is 38.2 Å². The molecule has 0 fully saturated rings. The number of non-ortho nitro benzene ring substituents is 1. The Labute approximate surface area is 138 Å². The highest BCUT2D eigenvalue weighted by Crippen LogP contribution is 2.25. The van der Waals surface area contributed by atoms with Gasteiger partial charge in [0.1, 0.15) is 0 Å². The number of rotatable bonds is 5. The van der Waals surface area contributed by atoms with Crippen molar-refractivity contribution in [3.05, 3.63) is 63.7 Å². The minimum absolute atomic E-state index is 0.0859. The largest absolute Gasteiger partial charge is 0.355 e. The van der Waals surface area contributed by atoms with Crippen LogP contribution in [-0.2, 0) is 10.0 Å². The predicted octanol–water partition coefficient (Wildman–Crippen LogP) is 2.06. The highest BCUT2D eigenvalue weighted by molar-refractivity contribution is 7.92. The number of sulfonamides is 1. The van der Waals surface area contributed by atoms with Gasteiger partial charge in [0.15, 0.2) is 0 Å². The van der Waals surface area contributed by atoms with E-state index in [0.717, 1.165) is 6.07 Å². The van der Waals surface area contributed by atoms with E-state index >= 15 is 0 Å². The first-order valence-corrected chi connectivity index (χ1v) is 8.33. The van der Waals surface area contributed by atoms with Gasteiger partial charge in [-0.25, -0.2) is 8.42 Å². The molecule has 0 aliphatic rings. The molecule has 0 heterocycles. The number of nitrogens with one attached hydrogen (secondary N) is 2. The van der Waals surface area contributed by atoms with Crippen LogP contribution in [-0.4, -0.2) is 26.3 Å². The third-order valence-electron chi connectivity index (χ3n) is 3.32. The molecule has 0 spiro atoms. The number of hydrogen-bond acceptors (Lipinski definition) is 5. The molecule has 0 aliphatic carbocycles. The number of para-hydroxylation sites is 1. The summed E-state index contributed by atoms with van der Waals surface area (Å²) in [5, 5.41) is 13.3. The molecule has 0 aromatic heterocycles. The summed E-state index contributed by atoms with van der Waals surface area (Å²) in [4.78, 5) is 21.8. The zero-order chi connectivity index (χ0) is 17.9. The van der Waals surface area contributed by atoms with E-state index < -0.39 is 20.9 Å². The Morgan fingerprint density at radius 3 is 2.46 bits per heavy atom.